The third kappa shape index (κ3) is 9.47. The number of rotatable bonds is 11. The number of aryl methyl sites for hydroxylation is 3. The van der Waals surface area contributed by atoms with Crippen LogP contribution >= 0.6 is 24.2 Å². The van der Waals surface area contributed by atoms with Crippen LogP contribution in [0.2, 0.25) is 118 Å². The monoisotopic (exact) mass is 764 g/mol. The zero-order valence-corrected chi connectivity index (χ0v) is 42.2. The highest BCUT2D eigenvalue weighted by molar-refractivity contribution is 8.48. The van der Waals surface area contributed by atoms with Gasteiger partial charge in [-0.1, -0.05) is 148 Å². The number of hydrogen-bond donors (Lipinski definition) is 2. The number of hydrogen-bond acceptors (Lipinski definition) is 2. The van der Waals surface area contributed by atoms with E-state index in [0.29, 0.717) is 15.5 Å². The van der Waals surface area contributed by atoms with Crippen molar-refractivity contribution in [2.24, 2.45) is 0 Å². The first kappa shape index (κ1) is 41.8. The second kappa shape index (κ2) is 13.4. The van der Waals surface area contributed by atoms with Gasteiger partial charge >= 0.3 is 0 Å². The minimum Gasteiger partial charge on any atom is -0.181 e. The molecular formula is C36H72S2Si7. The van der Waals surface area contributed by atoms with Crippen LogP contribution in [-0.4, -0.2) is 54.8 Å². The predicted octanol–water partition coefficient (Wildman–Crippen LogP) is 11.5. The first-order valence-electron chi connectivity index (χ1n) is 17.4. The van der Waals surface area contributed by atoms with Crippen LogP contribution in [0.1, 0.15) is 48.9 Å². The highest BCUT2D eigenvalue weighted by Gasteiger charge is 2.50. The molecule has 45 heavy (non-hydrogen) atoms. The minimum absolute atomic E-state index is 0.642. The molecule has 2 rings (SSSR count). The standard InChI is InChI=1S/C36H72S2Si7/c1-26-22-27(2)32(28(3)23-26)45(37,38)33-30(35(41(10,11)12)42(13,14)15)24-29(34(39(4,5)6)40(7,8)9)25-31(33)36(43(16,17)18)44(19,20)21/h22-25,34-38H,1-21H3. The van der Waals surface area contributed by atoms with Crippen molar-refractivity contribution in [2.45, 2.75) is 154 Å². The Morgan fingerprint density at radius 2 is 0.667 bits per heavy atom. The smallest absolute Gasteiger partial charge is 0.181 e. The van der Waals surface area contributed by atoms with Crippen molar-refractivity contribution < 1.29 is 0 Å². The second-order valence-electron chi connectivity index (χ2n) is 21.0. The summed E-state index contributed by atoms with van der Waals surface area (Å²) in [4.78, 5) is 0. The van der Waals surface area contributed by atoms with Crippen molar-refractivity contribution in [3.05, 3.63) is 57.6 Å². The average molecular weight is 766 g/mol. The Labute approximate surface area is 299 Å². The maximum absolute atomic E-state index is 5.93. The van der Waals surface area contributed by atoms with Crippen LogP contribution in [0.4, 0.5) is 0 Å². The maximum atomic E-state index is 5.93. The van der Waals surface area contributed by atoms with Gasteiger partial charge in [0.1, 0.15) is 0 Å². The lowest BCUT2D eigenvalue weighted by atomic mass is 10.1. The topological polar surface area (TPSA) is 0 Å². The van der Waals surface area contributed by atoms with Gasteiger partial charge in [0.05, 0.1) is 0 Å². The highest BCUT2D eigenvalue weighted by atomic mass is 32.5. The van der Waals surface area contributed by atoms with E-state index in [1.54, 1.807) is 21.9 Å². The normalized spacial score (nSPS) is 14.7. The van der Waals surface area contributed by atoms with E-state index in [1.807, 2.05) is 0 Å². The summed E-state index contributed by atoms with van der Waals surface area (Å²) < 4.78 is 0. The fourth-order valence-electron chi connectivity index (χ4n) is 10.4. The molecule has 0 fully saturated rings. The fraction of sp³-hybridized carbons (Fsp3) is 0.667. The SMILES string of the molecule is Cc1cc(C)c([Si](S)(S)c2c(C([Si](C)(C)C)[Si](C)(C)C)cc(C([Si](C)(C)C)[Si](C)(C)C)cc2C([Si](C)(C)C)[Si](C)(C)C)c(C)c1. The van der Waals surface area contributed by atoms with Crippen LogP contribution < -0.4 is 10.4 Å². The van der Waals surface area contributed by atoms with Crippen molar-refractivity contribution in [1.82, 2.24) is 0 Å². The minimum atomic E-state index is -2.75. The molecule has 256 valence electrons. The molecule has 2 aromatic carbocycles. The van der Waals surface area contributed by atoms with Crippen LogP contribution in [0.15, 0.2) is 24.3 Å². The van der Waals surface area contributed by atoms with Crippen LogP contribution in [0.25, 0.3) is 0 Å². The first-order chi connectivity index (χ1) is 19.6. The summed E-state index contributed by atoms with van der Waals surface area (Å²) in [7, 11) is -9.66. The number of thiol groups is 2. The molecule has 0 aliphatic carbocycles. The Morgan fingerprint density at radius 3 is 0.911 bits per heavy atom. The zero-order valence-electron chi connectivity index (χ0n) is 33.4. The molecule has 0 aliphatic rings. The lowest BCUT2D eigenvalue weighted by Gasteiger charge is -2.47. The lowest BCUT2D eigenvalue weighted by molar-refractivity contribution is 1.10. The second-order valence-corrected chi connectivity index (χ2v) is 62.0. The molecule has 0 N–H and O–H groups in total. The van der Waals surface area contributed by atoms with E-state index in [-0.39, 0.29) is 0 Å². The molecule has 0 nitrogen and oxygen atoms in total. The number of benzene rings is 2. The first-order valence-corrected chi connectivity index (χ1v) is 43.4. The summed E-state index contributed by atoms with van der Waals surface area (Å²) in [5, 5.41) is 5.05. The summed E-state index contributed by atoms with van der Waals surface area (Å²) in [6, 6.07) is 10.4. The maximum Gasteiger partial charge on any atom is 0.234 e. The molecule has 0 radical (unpaired) electrons. The molecule has 0 heterocycles. The molecular weight excluding hydrogens is 693 g/mol. The zero-order chi connectivity index (χ0) is 35.7. The molecule has 0 saturated heterocycles. The van der Waals surface area contributed by atoms with Gasteiger partial charge in [-0.15, -0.1) is 0 Å². The van der Waals surface area contributed by atoms with Crippen LogP contribution in [0, 0.1) is 20.8 Å². The Kier molecular flexibility index (Phi) is 12.5. The molecule has 0 saturated carbocycles. The van der Waals surface area contributed by atoms with Gasteiger partial charge in [0.15, 0.2) is 0 Å². The van der Waals surface area contributed by atoms with Crippen molar-refractivity contribution in [2.75, 3.05) is 0 Å². The van der Waals surface area contributed by atoms with E-state index in [1.165, 1.54) is 21.9 Å². The van der Waals surface area contributed by atoms with Crippen LogP contribution in [0.3, 0.4) is 0 Å². The molecule has 9 heteroatoms. The summed E-state index contributed by atoms with van der Waals surface area (Å²) in [6.07, 6.45) is -2.75. The van der Waals surface area contributed by atoms with E-state index >= 15 is 0 Å². The molecule has 0 spiro atoms. The van der Waals surface area contributed by atoms with Crippen LogP contribution in [0.5, 0.6) is 0 Å². The largest absolute Gasteiger partial charge is 0.234 e. The van der Waals surface area contributed by atoms with Gasteiger partial charge in [-0.3, -0.25) is 0 Å². The molecule has 0 bridgehead atoms. The van der Waals surface area contributed by atoms with Crippen LogP contribution in [-0.2, 0) is 0 Å². The summed E-state index contributed by atoms with van der Waals surface area (Å²) in [5.74, 6) is 0. The van der Waals surface area contributed by atoms with Gasteiger partial charge < -0.3 is 0 Å². The Morgan fingerprint density at radius 1 is 0.400 bits per heavy atom. The fourth-order valence-corrected chi connectivity index (χ4v) is 55.5. The molecule has 0 atom stereocenters. The van der Waals surface area contributed by atoms with Gasteiger partial charge in [-0.2, -0.15) is 24.2 Å². The van der Waals surface area contributed by atoms with Gasteiger partial charge in [-0.25, -0.2) is 0 Å². The summed E-state index contributed by atoms with van der Waals surface area (Å²) in [6.45, 7) is 54.5. The lowest BCUT2D eigenvalue weighted by Crippen LogP contribution is -2.60. The van der Waals surface area contributed by atoms with Crippen molar-refractivity contribution in [3.63, 3.8) is 0 Å². The van der Waals surface area contributed by atoms with E-state index < -0.39 is 54.8 Å². The van der Waals surface area contributed by atoms with Gasteiger partial charge in [-0.05, 0) is 74.5 Å². The Balaban J connectivity index is 3.53. The van der Waals surface area contributed by atoms with Gasteiger partial charge in [0.25, 0.3) is 0 Å². The van der Waals surface area contributed by atoms with E-state index in [2.05, 4.69) is 163 Å². The van der Waals surface area contributed by atoms with Gasteiger partial charge in [0.2, 0.25) is 6.37 Å². The average Bonchev–Trinajstić information content (AvgIpc) is 2.65. The highest BCUT2D eigenvalue weighted by Crippen LogP contribution is 2.45. The van der Waals surface area contributed by atoms with Crippen molar-refractivity contribution >= 4 is 89.3 Å². The van der Waals surface area contributed by atoms with Gasteiger partial charge in [0, 0.05) is 48.4 Å². The van der Waals surface area contributed by atoms with Crippen molar-refractivity contribution in [1.29, 1.82) is 0 Å². The molecule has 0 amide bonds. The molecule has 0 aliphatic heterocycles. The molecule has 2 aromatic rings. The third-order valence-electron chi connectivity index (χ3n) is 9.75. The quantitative estimate of drug-likeness (QED) is 0.165. The van der Waals surface area contributed by atoms with E-state index in [0.717, 1.165) is 0 Å². The summed E-state index contributed by atoms with van der Waals surface area (Å²) in [5.41, 5.74) is 9.17. The predicted molar refractivity (Wildman–Crippen MR) is 238 cm³/mol. The molecule has 0 unspecified atom stereocenters. The summed E-state index contributed by atoms with van der Waals surface area (Å²) >= 11 is 11.9. The Bertz CT molecular complexity index is 1260. The van der Waals surface area contributed by atoms with E-state index in [4.69, 9.17) is 24.2 Å². The Hall–Kier alpha value is 0.658. The molecule has 0 aromatic heterocycles. The van der Waals surface area contributed by atoms with E-state index in [9.17, 15) is 0 Å². The van der Waals surface area contributed by atoms with Crippen molar-refractivity contribution in [3.8, 4) is 0 Å². The third-order valence-corrected chi connectivity index (χ3v) is 43.1.